The van der Waals surface area contributed by atoms with Crippen LogP contribution in [-0.4, -0.2) is 45.1 Å². The van der Waals surface area contributed by atoms with Crippen LogP contribution in [0.3, 0.4) is 0 Å². The van der Waals surface area contributed by atoms with Crippen molar-refractivity contribution in [3.8, 4) is 11.3 Å². The van der Waals surface area contributed by atoms with Crippen molar-refractivity contribution in [2.45, 2.75) is 0 Å². The van der Waals surface area contributed by atoms with Gasteiger partial charge in [-0.15, -0.1) is 0 Å². The maximum Gasteiger partial charge on any atom is 0.0637 e. The normalized spacial score (nSPS) is 10.9. The molecule has 1 aromatic heterocycles. The van der Waals surface area contributed by atoms with E-state index in [0.29, 0.717) is 13.2 Å². The molecular weight excluding hydrogens is 278 g/mol. The van der Waals surface area contributed by atoms with Crippen molar-refractivity contribution in [3.05, 3.63) is 36.5 Å². The molecular formula is C17H25N3O2. The lowest BCUT2D eigenvalue weighted by molar-refractivity contribution is 0.190. The van der Waals surface area contributed by atoms with Crippen LogP contribution in [-0.2, 0) is 16.5 Å². The Kier molecular flexibility index (Phi) is 5.86. The smallest absolute Gasteiger partial charge is 0.0637 e. The molecule has 2 N–H and O–H groups in total. The predicted molar refractivity (Wildman–Crippen MR) is 91.2 cm³/mol. The van der Waals surface area contributed by atoms with Crippen molar-refractivity contribution in [2.24, 2.45) is 7.05 Å². The molecule has 0 saturated heterocycles. The molecule has 120 valence electrons. The minimum atomic E-state index is 0.674. The summed E-state index contributed by atoms with van der Waals surface area (Å²) in [6.07, 6.45) is 2.02. The second-order valence-corrected chi connectivity index (χ2v) is 5.25. The van der Waals surface area contributed by atoms with Crippen LogP contribution >= 0.6 is 0 Å². The van der Waals surface area contributed by atoms with Crippen LogP contribution in [0.1, 0.15) is 0 Å². The minimum absolute atomic E-state index is 0.674. The standard InChI is InChI=1S/C17H25N3O2/c1-19-8-4-5-17(19)15-13-14(6-7-16(15)18)20(9-11-21-2)10-12-22-3/h4-8,13H,9-12,18H2,1-3H3. The Morgan fingerprint density at radius 2 is 1.77 bits per heavy atom. The quantitative estimate of drug-likeness (QED) is 0.761. The Labute approximate surface area is 132 Å². The van der Waals surface area contributed by atoms with Gasteiger partial charge in [0.1, 0.15) is 0 Å². The first-order valence-electron chi connectivity index (χ1n) is 7.41. The van der Waals surface area contributed by atoms with Gasteiger partial charge in [0, 0.05) is 63.2 Å². The van der Waals surface area contributed by atoms with E-state index in [2.05, 4.69) is 21.6 Å². The van der Waals surface area contributed by atoms with Gasteiger partial charge < -0.3 is 24.7 Å². The van der Waals surface area contributed by atoms with Crippen molar-refractivity contribution in [2.75, 3.05) is 51.2 Å². The minimum Gasteiger partial charge on any atom is -0.398 e. The highest BCUT2D eigenvalue weighted by molar-refractivity contribution is 5.78. The van der Waals surface area contributed by atoms with Crippen LogP contribution < -0.4 is 10.6 Å². The molecule has 0 aliphatic rings. The predicted octanol–water partition coefficient (Wildman–Crippen LogP) is 2.37. The Morgan fingerprint density at radius 3 is 2.32 bits per heavy atom. The fraction of sp³-hybridized carbons (Fsp3) is 0.412. The van der Waals surface area contributed by atoms with Crippen molar-refractivity contribution in [3.63, 3.8) is 0 Å². The number of nitrogen functional groups attached to an aromatic ring is 1. The Hall–Kier alpha value is -1.98. The van der Waals surface area contributed by atoms with Gasteiger partial charge in [-0.05, 0) is 30.3 Å². The summed E-state index contributed by atoms with van der Waals surface area (Å²) in [5.74, 6) is 0. The summed E-state index contributed by atoms with van der Waals surface area (Å²) >= 11 is 0. The average Bonchev–Trinajstić information content (AvgIpc) is 2.94. The highest BCUT2D eigenvalue weighted by Gasteiger charge is 2.11. The Morgan fingerprint density at radius 1 is 1.09 bits per heavy atom. The van der Waals surface area contributed by atoms with Crippen LogP contribution in [0.2, 0.25) is 0 Å². The van der Waals surface area contributed by atoms with Gasteiger partial charge >= 0.3 is 0 Å². The fourth-order valence-corrected chi connectivity index (χ4v) is 2.48. The number of anilines is 2. The second-order valence-electron chi connectivity index (χ2n) is 5.25. The Balaban J connectivity index is 2.31. The summed E-state index contributed by atoms with van der Waals surface area (Å²) in [5.41, 5.74) is 10.2. The molecule has 2 rings (SSSR count). The van der Waals surface area contributed by atoms with E-state index >= 15 is 0 Å². The van der Waals surface area contributed by atoms with Crippen LogP contribution in [0.15, 0.2) is 36.5 Å². The molecule has 0 fully saturated rings. The molecule has 5 nitrogen and oxygen atoms in total. The SMILES string of the molecule is COCCN(CCOC)c1ccc(N)c(-c2cccn2C)c1. The Bertz CT molecular complexity index is 587. The number of nitrogens with zero attached hydrogens (tertiary/aromatic N) is 2. The number of ether oxygens (including phenoxy) is 2. The average molecular weight is 303 g/mol. The number of aromatic nitrogens is 1. The van der Waals surface area contributed by atoms with Crippen LogP contribution in [0, 0.1) is 0 Å². The lowest BCUT2D eigenvalue weighted by atomic mass is 10.1. The van der Waals surface area contributed by atoms with Crippen LogP contribution in [0.5, 0.6) is 0 Å². The zero-order valence-corrected chi connectivity index (χ0v) is 13.6. The molecule has 0 amide bonds. The summed E-state index contributed by atoms with van der Waals surface area (Å²) in [5, 5.41) is 0. The summed E-state index contributed by atoms with van der Waals surface area (Å²) in [6.45, 7) is 2.98. The van der Waals surface area contributed by atoms with E-state index in [9.17, 15) is 0 Å². The molecule has 0 unspecified atom stereocenters. The summed E-state index contributed by atoms with van der Waals surface area (Å²) in [4.78, 5) is 2.25. The molecule has 2 aromatic rings. The number of methoxy groups -OCH3 is 2. The molecule has 0 aliphatic carbocycles. The number of aryl methyl sites for hydroxylation is 1. The van der Waals surface area contributed by atoms with Crippen molar-refractivity contribution < 1.29 is 9.47 Å². The van der Waals surface area contributed by atoms with Gasteiger partial charge in [-0.25, -0.2) is 0 Å². The zero-order chi connectivity index (χ0) is 15.9. The first kappa shape index (κ1) is 16.4. The monoisotopic (exact) mass is 303 g/mol. The lowest BCUT2D eigenvalue weighted by Gasteiger charge is -2.25. The van der Waals surface area contributed by atoms with E-state index in [0.717, 1.165) is 35.7 Å². The molecule has 22 heavy (non-hydrogen) atoms. The zero-order valence-electron chi connectivity index (χ0n) is 13.6. The molecule has 0 atom stereocenters. The van der Waals surface area contributed by atoms with Gasteiger partial charge in [0.25, 0.3) is 0 Å². The van der Waals surface area contributed by atoms with E-state index < -0.39 is 0 Å². The first-order chi connectivity index (χ1) is 10.7. The van der Waals surface area contributed by atoms with Crippen LogP contribution in [0.4, 0.5) is 11.4 Å². The lowest BCUT2D eigenvalue weighted by Crippen LogP contribution is -2.30. The van der Waals surface area contributed by atoms with Gasteiger partial charge in [0.2, 0.25) is 0 Å². The molecule has 1 aromatic carbocycles. The molecule has 1 heterocycles. The van der Waals surface area contributed by atoms with Gasteiger partial charge in [-0.2, -0.15) is 0 Å². The third-order valence-electron chi connectivity index (χ3n) is 3.75. The highest BCUT2D eigenvalue weighted by atomic mass is 16.5. The topological polar surface area (TPSA) is 52.6 Å². The molecule has 0 radical (unpaired) electrons. The van der Waals surface area contributed by atoms with Crippen LogP contribution in [0.25, 0.3) is 11.3 Å². The van der Waals surface area contributed by atoms with Gasteiger partial charge in [-0.3, -0.25) is 0 Å². The third kappa shape index (κ3) is 3.81. The second kappa shape index (κ2) is 7.87. The van der Waals surface area contributed by atoms with Crippen molar-refractivity contribution in [1.29, 1.82) is 0 Å². The first-order valence-corrected chi connectivity index (χ1v) is 7.41. The number of hydrogen-bond donors (Lipinski definition) is 1. The number of rotatable bonds is 8. The molecule has 0 bridgehead atoms. The van der Waals surface area contributed by atoms with E-state index in [1.807, 2.05) is 31.4 Å². The van der Waals surface area contributed by atoms with E-state index in [4.69, 9.17) is 15.2 Å². The maximum atomic E-state index is 6.17. The molecule has 0 saturated carbocycles. The number of benzene rings is 1. The van der Waals surface area contributed by atoms with Gasteiger partial charge in [0.05, 0.1) is 13.2 Å². The highest BCUT2D eigenvalue weighted by Crippen LogP contribution is 2.30. The third-order valence-corrected chi connectivity index (χ3v) is 3.75. The molecule has 5 heteroatoms. The molecule has 0 aliphatic heterocycles. The summed E-state index contributed by atoms with van der Waals surface area (Å²) in [7, 11) is 5.45. The van der Waals surface area contributed by atoms with Gasteiger partial charge in [0.15, 0.2) is 0 Å². The van der Waals surface area contributed by atoms with E-state index in [1.54, 1.807) is 14.2 Å². The van der Waals surface area contributed by atoms with E-state index in [-0.39, 0.29) is 0 Å². The fourth-order valence-electron chi connectivity index (χ4n) is 2.48. The van der Waals surface area contributed by atoms with Crippen molar-refractivity contribution >= 4 is 11.4 Å². The van der Waals surface area contributed by atoms with Gasteiger partial charge in [-0.1, -0.05) is 0 Å². The van der Waals surface area contributed by atoms with E-state index in [1.165, 1.54) is 0 Å². The summed E-state index contributed by atoms with van der Waals surface area (Å²) in [6, 6.07) is 10.2. The number of nitrogens with two attached hydrogens (primary N) is 1. The molecule has 0 spiro atoms. The van der Waals surface area contributed by atoms with Crippen molar-refractivity contribution in [1.82, 2.24) is 4.57 Å². The number of hydrogen-bond acceptors (Lipinski definition) is 4. The summed E-state index contributed by atoms with van der Waals surface area (Å²) < 4.78 is 12.5. The maximum absolute atomic E-state index is 6.17. The largest absolute Gasteiger partial charge is 0.398 e.